The molecule has 0 bridgehead atoms. The monoisotopic (exact) mass is 256 g/mol. The lowest BCUT2D eigenvalue weighted by atomic mass is 10.2. The quantitative estimate of drug-likeness (QED) is 0.917. The van der Waals surface area contributed by atoms with Gasteiger partial charge >= 0.3 is 6.18 Å². The van der Waals surface area contributed by atoms with Crippen LogP contribution in [0.5, 0.6) is 0 Å². The molecule has 0 spiro atoms. The highest BCUT2D eigenvalue weighted by Gasteiger charge is 2.30. The maximum atomic E-state index is 12.5. The minimum Gasteiger partial charge on any atom is -0.378 e. The van der Waals surface area contributed by atoms with Crippen LogP contribution in [0.4, 0.5) is 18.9 Å². The molecule has 0 radical (unpaired) electrons. The molecule has 0 unspecified atom stereocenters. The van der Waals surface area contributed by atoms with Crippen molar-refractivity contribution in [3.63, 3.8) is 0 Å². The van der Waals surface area contributed by atoms with E-state index in [9.17, 15) is 13.2 Å². The number of benzene rings is 1. The van der Waals surface area contributed by atoms with Crippen LogP contribution < -0.4 is 5.32 Å². The molecule has 0 fully saturated rings. The number of aryl methyl sites for hydroxylation is 1. The van der Waals surface area contributed by atoms with Gasteiger partial charge in [-0.2, -0.15) is 13.2 Å². The molecule has 18 heavy (non-hydrogen) atoms. The summed E-state index contributed by atoms with van der Waals surface area (Å²) in [7, 11) is 1.77. The predicted molar refractivity (Wildman–Crippen MR) is 59.8 cm³/mol. The molecule has 1 heterocycles. The molecule has 0 aliphatic rings. The number of hydrogen-bond acceptors (Lipinski definition) is 3. The lowest BCUT2D eigenvalue weighted by Crippen LogP contribution is -2.08. The van der Waals surface area contributed by atoms with Gasteiger partial charge in [-0.15, -0.1) is 10.2 Å². The molecule has 1 aromatic heterocycles. The fourth-order valence-corrected chi connectivity index (χ4v) is 1.45. The van der Waals surface area contributed by atoms with E-state index in [-0.39, 0.29) is 0 Å². The summed E-state index contributed by atoms with van der Waals surface area (Å²) >= 11 is 0. The Bertz CT molecular complexity index is 533. The number of rotatable bonds is 3. The summed E-state index contributed by atoms with van der Waals surface area (Å²) in [5, 5.41) is 10.4. The minimum absolute atomic E-state index is 0.317. The lowest BCUT2D eigenvalue weighted by Gasteiger charge is -2.10. The van der Waals surface area contributed by atoms with Crippen LogP contribution >= 0.6 is 0 Å². The van der Waals surface area contributed by atoms with Gasteiger partial charge in [0.2, 0.25) is 0 Å². The molecule has 0 aliphatic heterocycles. The van der Waals surface area contributed by atoms with Crippen molar-refractivity contribution in [1.82, 2.24) is 14.8 Å². The van der Waals surface area contributed by atoms with Gasteiger partial charge in [0.05, 0.1) is 12.1 Å². The maximum absolute atomic E-state index is 12.5. The molecule has 2 rings (SSSR count). The van der Waals surface area contributed by atoms with Gasteiger partial charge in [0.15, 0.2) is 5.82 Å². The zero-order valence-electron chi connectivity index (χ0n) is 9.57. The molecule has 2 aromatic rings. The summed E-state index contributed by atoms with van der Waals surface area (Å²) in [6, 6.07) is 5.04. The van der Waals surface area contributed by atoms with Gasteiger partial charge in [-0.1, -0.05) is 6.07 Å². The third kappa shape index (κ3) is 2.79. The first-order valence-electron chi connectivity index (χ1n) is 5.21. The average Bonchev–Trinajstić information content (AvgIpc) is 2.72. The first kappa shape index (κ1) is 12.4. The fraction of sp³-hybridized carbons (Fsp3) is 0.273. The van der Waals surface area contributed by atoms with Gasteiger partial charge in [-0.25, -0.2) is 0 Å². The minimum atomic E-state index is -4.33. The molecule has 0 atom stereocenters. The van der Waals surface area contributed by atoms with E-state index in [1.165, 1.54) is 12.4 Å². The van der Waals surface area contributed by atoms with Gasteiger partial charge in [-0.3, -0.25) is 0 Å². The van der Waals surface area contributed by atoms with Crippen LogP contribution in [0.2, 0.25) is 0 Å². The molecule has 7 heteroatoms. The Morgan fingerprint density at radius 1 is 1.33 bits per heavy atom. The van der Waals surface area contributed by atoms with Crippen molar-refractivity contribution in [3.8, 4) is 0 Å². The molecule has 4 nitrogen and oxygen atoms in total. The Labute approximate surface area is 101 Å². The molecule has 0 saturated carbocycles. The van der Waals surface area contributed by atoms with E-state index in [1.807, 2.05) is 0 Å². The van der Waals surface area contributed by atoms with Crippen LogP contribution in [0.1, 0.15) is 11.4 Å². The third-order valence-corrected chi connectivity index (χ3v) is 2.45. The second-order valence-corrected chi connectivity index (χ2v) is 3.79. The smallest absolute Gasteiger partial charge is 0.378 e. The van der Waals surface area contributed by atoms with Crippen molar-refractivity contribution < 1.29 is 13.2 Å². The van der Waals surface area contributed by atoms with Crippen LogP contribution in [0.15, 0.2) is 30.6 Å². The van der Waals surface area contributed by atoms with Crippen molar-refractivity contribution in [2.24, 2.45) is 7.05 Å². The van der Waals surface area contributed by atoms with Gasteiger partial charge in [0.1, 0.15) is 6.33 Å². The van der Waals surface area contributed by atoms with E-state index < -0.39 is 11.7 Å². The highest BCUT2D eigenvalue weighted by atomic mass is 19.4. The molecule has 0 amide bonds. The number of anilines is 1. The number of alkyl halides is 3. The Morgan fingerprint density at radius 3 is 2.72 bits per heavy atom. The zero-order chi connectivity index (χ0) is 13.2. The molecule has 0 aliphatic carbocycles. The summed E-state index contributed by atoms with van der Waals surface area (Å²) < 4.78 is 39.2. The molecular weight excluding hydrogens is 245 g/mol. The maximum Gasteiger partial charge on any atom is 0.416 e. The molecular formula is C11H11F3N4. The molecule has 1 N–H and O–H groups in total. The number of nitrogens with zero attached hydrogens (tertiary/aromatic N) is 3. The van der Waals surface area contributed by atoms with E-state index >= 15 is 0 Å². The van der Waals surface area contributed by atoms with Crippen molar-refractivity contribution in [2.75, 3.05) is 5.32 Å². The van der Waals surface area contributed by atoms with Gasteiger partial charge in [0, 0.05) is 12.7 Å². The normalized spacial score (nSPS) is 11.6. The Balaban J connectivity index is 2.09. The second kappa shape index (κ2) is 4.67. The van der Waals surface area contributed by atoms with Gasteiger partial charge < -0.3 is 9.88 Å². The van der Waals surface area contributed by atoms with Crippen molar-refractivity contribution in [3.05, 3.63) is 42.0 Å². The van der Waals surface area contributed by atoms with Crippen LogP contribution in [-0.4, -0.2) is 14.8 Å². The van der Waals surface area contributed by atoms with E-state index in [0.717, 1.165) is 12.1 Å². The van der Waals surface area contributed by atoms with Crippen LogP contribution in [0.3, 0.4) is 0 Å². The SMILES string of the molecule is Cn1cnnc1CNc1cccc(C(F)(F)F)c1. The lowest BCUT2D eigenvalue weighted by molar-refractivity contribution is -0.137. The second-order valence-electron chi connectivity index (χ2n) is 3.79. The summed E-state index contributed by atoms with van der Waals surface area (Å²) in [6.07, 6.45) is -2.80. The molecule has 0 saturated heterocycles. The van der Waals surface area contributed by atoms with Crippen LogP contribution in [0, 0.1) is 0 Å². The van der Waals surface area contributed by atoms with Gasteiger partial charge in [-0.05, 0) is 18.2 Å². The van der Waals surface area contributed by atoms with Crippen molar-refractivity contribution in [2.45, 2.75) is 12.7 Å². The van der Waals surface area contributed by atoms with E-state index in [2.05, 4.69) is 15.5 Å². The third-order valence-electron chi connectivity index (χ3n) is 2.45. The van der Waals surface area contributed by atoms with Crippen LogP contribution in [0.25, 0.3) is 0 Å². The van der Waals surface area contributed by atoms with E-state index in [1.54, 1.807) is 17.7 Å². The van der Waals surface area contributed by atoms with Gasteiger partial charge in [0.25, 0.3) is 0 Å². The van der Waals surface area contributed by atoms with E-state index in [4.69, 9.17) is 0 Å². The number of hydrogen-bond donors (Lipinski definition) is 1. The standard InChI is InChI=1S/C11H11F3N4/c1-18-7-16-17-10(18)6-15-9-4-2-3-8(5-9)11(12,13)14/h2-5,7,15H,6H2,1H3. The van der Waals surface area contributed by atoms with E-state index in [0.29, 0.717) is 18.1 Å². The number of nitrogens with one attached hydrogen (secondary N) is 1. The predicted octanol–water partition coefficient (Wildman–Crippen LogP) is 2.45. The first-order valence-corrected chi connectivity index (χ1v) is 5.21. The Kier molecular flexibility index (Phi) is 3.22. The number of aromatic nitrogens is 3. The highest BCUT2D eigenvalue weighted by molar-refractivity contribution is 5.46. The largest absolute Gasteiger partial charge is 0.416 e. The number of halogens is 3. The average molecular weight is 256 g/mol. The highest BCUT2D eigenvalue weighted by Crippen LogP contribution is 2.30. The summed E-state index contributed by atoms with van der Waals surface area (Å²) in [6.45, 7) is 0.317. The first-order chi connectivity index (χ1) is 8.47. The Morgan fingerprint density at radius 2 is 2.11 bits per heavy atom. The molecule has 96 valence electrons. The summed E-state index contributed by atoms with van der Waals surface area (Å²) in [5.41, 5.74) is -0.279. The summed E-state index contributed by atoms with van der Waals surface area (Å²) in [4.78, 5) is 0. The van der Waals surface area contributed by atoms with Crippen molar-refractivity contribution >= 4 is 5.69 Å². The van der Waals surface area contributed by atoms with Crippen molar-refractivity contribution in [1.29, 1.82) is 0 Å². The fourth-order valence-electron chi connectivity index (χ4n) is 1.45. The molecule has 1 aromatic carbocycles. The Hall–Kier alpha value is -2.05. The zero-order valence-corrected chi connectivity index (χ0v) is 9.57. The topological polar surface area (TPSA) is 42.7 Å². The van der Waals surface area contributed by atoms with Crippen LogP contribution in [-0.2, 0) is 19.8 Å². The summed E-state index contributed by atoms with van der Waals surface area (Å²) in [5.74, 6) is 0.646.